The third kappa shape index (κ3) is 3.44. The normalized spacial score (nSPS) is 20.2. The molecule has 0 fully saturated rings. The number of hydrogen-bond acceptors (Lipinski definition) is 2. The minimum absolute atomic E-state index is 0.822. The second-order valence-electron chi connectivity index (χ2n) is 3.05. The van der Waals surface area contributed by atoms with Crippen molar-refractivity contribution in [2.24, 2.45) is 0 Å². The second kappa shape index (κ2) is 4.83. The van der Waals surface area contributed by atoms with E-state index in [2.05, 4.69) is 33.5 Å². The van der Waals surface area contributed by atoms with Crippen LogP contribution in [0.3, 0.4) is 0 Å². The molecule has 0 spiro atoms. The first-order valence-electron chi connectivity index (χ1n) is 4.07. The number of hydrogen-bond donors (Lipinski definition) is 0. The quantitative estimate of drug-likeness (QED) is 0.458. The van der Waals surface area contributed by atoms with Crippen LogP contribution in [0.25, 0.3) is 0 Å². The van der Waals surface area contributed by atoms with Crippen molar-refractivity contribution in [2.75, 3.05) is 40.3 Å². The predicted octanol–water partition coefficient (Wildman–Crippen LogP) is -0.130. The summed E-state index contributed by atoms with van der Waals surface area (Å²) in [6, 6.07) is 0. The van der Waals surface area contributed by atoms with E-state index in [-0.39, 0.29) is 0 Å². The van der Waals surface area contributed by atoms with E-state index < -0.39 is 0 Å². The fourth-order valence-electron chi connectivity index (χ4n) is 0.875. The van der Waals surface area contributed by atoms with Crippen LogP contribution >= 0.6 is 0 Å². The Kier molecular flexibility index (Phi) is 3.67. The van der Waals surface area contributed by atoms with Gasteiger partial charge in [0.15, 0.2) is 0 Å². The lowest BCUT2D eigenvalue weighted by atomic mass is 10.4. The van der Waals surface area contributed by atoms with Crippen molar-refractivity contribution in [3.63, 3.8) is 0 Å². The summed E-state index contributed by atoms with van der Waals surface area (Å²) < 4.78 is 0. The predicted molar refractivity (Wildman–Crippen MR) is 50.5 cm³/mol. The zero-order valence-electron chi connectivity index (χ0n) is 7.72. The maximum atomic E-state index is 3.10. The molecule has 1 rings (SSSR count). The Bertz CT molecular complexity index is 200. The zero-order chi connectivity index (χ0) is 8.81. The Hall–Kier alpha value is -0.960. The molecule has 1 heterocycles. The van der Waals surface area contributed by atoms with E-state index in [1.807, 2.05) is 14.1 Å². The third-order valence-corrected chi connectivity index (χ3v) is 1.65. The Balaban J connectivity index is 2.51. The van der Waals surface area contributed by atoms with Crippen molar-refractivity contribution in [3.05, 3.63) is 0 Å². The highest BCUT2D eigenvalue weighted by Crippen LogP contribution is 1.83. The van der Waals surface area contributed by atoms with Crippen LogP contribution in [-0.4, -0.2) is 50.1 Å². The Morgan fingerprint density at radius 1 is 0.667 bits per heavy atom. The summed E-state index contributed by atoms with van der Waals surface area (Å²) in [5.74, 6) is 12.4. The molecule has 1 aliphatic heterocycles. The molecule has 0 amide bonds. The van der Waals surface area contributed by atoms with E-state index in [4.69, 9.17) is 0 Å². The first-order chi connectivity index (χ1) is 5.79. The maximum absolute atomic E-state index is 3.10. The Morgan fingerprint density at radius 3 is 1.17 bits per heavy atom. The summed E-state index contributed by atoms with van der Waals surface area (Å²) in [5, 5.41) is 0. The first kappa shape index (κ1) is 9.13. The van der Waals surface area contributed by atoms with E-state index in [0.29, 0.717) is 0 Å². The Labute approximate surface area is 74.5 Å². The van der Waals surface area contributed by atoms with Crippen molar-refractivity contribution in [1.29, 1.82) is 0 Å². The molecule has 0 radical (unpaired) electrons. The third-order valence-electron chi connectivity index (χ3n) is 1.65. The van der Waals surface area contributed by atoms with Gasteiger partial charge < -0.3 is 0 Å². The van der Waals surface area contributed by atoms with Crippen LogP contribution in [-0.2, 0) is 0 Å². The molecule has 1 aliphatic rings. The molecule has 0 aliphatic carbocycles. The molecule has 12 heavy (non-hydrogen) atoms. The summed E-state index contributed by atoms with van der Waals surface area (Å²) in [7, 11) is 4.07. The highest BCUT2D eigenvalue weighted by atomic mass is 15.1. The minimum Gasteiger partial charge on any atom is -0.284 e. The van der Waals surface area contributed by atoms with Crippen LogP contribution in [0.4, 0.5) is 0 Å². The van der Waals surface area contributed by atoms with Crippen LogP contribution in [0.5, 0.6) is 0 Å². The Morgan fingerprint density at radius 2 is 0.917 bits per heavy atom. The fraction of sp³-hybridized carbons (Fsp3) is 0.600. The summed E-state index contributed by atoms with van der Waals surface area (Å²) in [4.78, 5) is 4.23. The van der Waals surface area contributed by atoms with Crippen LogP contribution in [0.15, 0.2) is 0 Å². The van der Waals surface area contributed by atoms with Crippen molar-refractivity contribution in [2.45, 2.75) is 0 Å². The summed E-state index contributed by atoms with van der Waals surface area (Å²) in [5.41, 5.74) is 0. The average Bonchev–Trinajstić information content (AvgIpc) is 2.06. The summed E-state index contributed by atoms with van der Waals surface area (Å²) >= 11 is 0. The van der Waals surface area contributed by atoms with Crippen LogP contribution in [0.1, 0.15) is 0 Å². The molecule has 64 valence electrons. The molecular weight excluding hydrogens is 148 g/mol. The van der Waals surface area contributed by atoms with Gasteiger partial charge in [-0.05, 0) is 14.1 Å². The molecule has 2 nitrogen and oxygen atoms in total. The molecule has 0 aromatic rings. The van der Waals surface area contributed by atoms with Gasteiger partial charge >= 0.3 is 0 Å². The molecular formula is C10H14N2. The van der Waals surface area contributed by atoms with Gasteiger partial charge in [-0.15, -0.1) is 0 Å². The second-order valence-corrected chi connectivity index (χ2v) is 3.05. The van der Waals surface area contributed by atoms with E-state index in [0.717, 1.165) is 26.2 Å². The maximum Gasteiger partial charge on any atom is 0.0607 e. The van der Waals surface area contributed by atoms with Crippen molar-refractivity contribution in [1.82, 2.24) is 9.80 Å². The topological polar surface area (TPSA) is 6.48 Å². The lowest BCUT2D eigenvalue weighted by Gasteiger charge is -2.11. The highest BCUT2D eigenvalue weighted by molar-refractivity contribution is 5.09. The van der Waals surface area contributed by atoms with Gasteiger partial charge in [-0.25, -0.2) is 0 Å². The molecule has 0 saturated heterocycles. The summed E-state index contributed by atoms with van der Waals surface area (Å²) in [6.45, 7) is 3.29. The van der Waals surface area contributed by atoms with E-state index in [1.54, 1.807) is 0 Å². The van der Waals surface area contributed by atoms with Gasteiger partial charge in [-0.3, -0.25) is 9.80 Å². The standard InChI is InChI=1S/C10H14N2/c1-11-7-3-5-9-12(2)10-6-4-8-11/h7-10H2,1-2H3. The van der Waals surface area contributed by atoms with Gasteiger partial charge in [0.25, 0.3) is 0 Å². The van der Waals surface area contributed by atoms with Crippen molar-refractivity contribution < 1.29 is 0 Å². The van der Waals surface area contributed by atoms with Crippen molar-refractivity contribution in [3.8, 4) is 23.7 Å². The molecule has 0 aromatic heterocycles. The largest absolute Gasteiger partial charge is 0.284 e. The lowest BCUT2D eigenvalue weighted by Crippen LogP contribution is -2.22. The lowest BCUT2D eigenvalue weighted by molar-refractivity contribution is 0.412. The van der Waals surface area contributed by atoms with Crippen LogP contribution in [0, 0.1) is 23.7 Å². The monoisotopic (exact) mass is 162 g/mol. The molecule has 0 aromatic carbocycles. The van der Waals surface area contributed by atoms with E-state index >= 15 is 0 Å². The van der Waals surface area contributed by atoms with E-state index in [9.17, 15) is 0 Å². The molecule has 2 heteroatoms. The van der Waals surface area contributed by atoms with E-state index in [1.165, 1.54) is 0 Å². The zero-order valence-corrected chi connectivity index (χ0v) is 7.72. The summed E-state index contributed by atoms with van der Waals surface area (Å²) in [6.07, 6.45) is 0. The number of rotatable bonds is 0. The molecule has 0 unspecified atom stereocenters. The SMILES string of the molecule is CN1CC#CCN(C)CC#CC1. The van der Waals surface area contributed by atoms with Gasteiger partial charge in [0.05, 0.1) is 26.2 Å². The van der Waals surface area contributed by atoms with Gasteiger partial charge in [0, 0.05) is 0 Å². The molecule has 0 bridgehead atoms. The average molecular weight is 162 g/mol. The first-order valence-corrected chi connectivity index (χ1v) is 4.07. The van der Waals surface area contributed by atoms with Gasteiger partial charge in [-0.2, -0.15) is 0 Å². The molecule has 0 N–H and O–H groups in total. The number of nitrogens with zero attached hydrogens (tertiary/aromatic N) is 2. The van der Waals surface area contributed by atoms with Gasteiger partial charge in [0.2, 0.25) is 0 Å². The van der Waals surface area contributed by atoms with Crippen molar-refractivity contribution >= 4 is 0 Å². The molecule has 0 atom stereocenters. The van der Waals surface area contributed by atoms with Crippen LogP contribution in [0.2, 0.25) is 0 Å². The highest BCUT2D eigenvalue weighted by Gasteiger charge is 1.94. The van der Waals surface area contributed by atoms with Crippen LogP contribution < -0.4 is 0 Å². The van der Waals surface area contributed by atoms with Gasteiger partial charge in [0.1, 0.15) is 0 Å². The van der Waals surface area contributed by atoms with Gasteiger partial charge in [-0.1, -0.05) is 23.7 Å². The smallest absolute Gasteiger partial charge is 0.0607 e. The minimum atomic E-state index is 0.822. The fourth-order valence-corrected chi connectivity index (χ4v) is 0.875. The molecule has 0 saturated carbocycles.